The molecule has 156 valence electrons. The Kier molecular flexibility index (Phi) is 5.97. The summed E-state index contributed by atoms with van der Waals surface area (Å²) in [5, 5.41) is 11.6. The van der Waals surface area contributed by atoms with E-state index >= 15 is 0 Å². The number of benzene rings is 1. The van der Waals surface area contributed by atoms with Crippen molar-refractivity contribution in [2.24, 2.45) is 5.92 Å². The van der Waals surface area contributed by atoms with Crippen molar-refractivity contribution in [1.29, 1.82) is 0 Å². The van der Waals surface area contributed by atoms with E-state index in [0.717, 1.165) is 37.7 Å². The number of hydrogen-bond donors (Lipinski definition) is 1. The summed E-state index contributed by atoms with van der Waals surface area (Å²) in [5.74, 6) is 0.299. The Bertz CT molecular complexity index is 732. The molecule has 1 amide bonds. The second-order valence-electron chi connectivity index (χ2n) is 9.69. The van der Waals surface area contributed by atoms with E-state index in [1.807, 2.05) is 44.7 Å². The predicted octanol–water partition coefficient (Wildman–Crippen LogP) is 5.81. The van der Waals surface area contributed by atoms with Gasteiger partial charge in [-0.2, -0.15) is 0 Å². The zero-order valence-electron chi connectivity index (χ0n) is 17.2. The first kappa shape index (κ1) is 21.7. The number of ether oxygens (including phenoxy) is 1. The van der Waals surface area contributed by atoms with Crippen molar-refractivity contribution in [2.45, 2.75) is 76.4 Å². The number of amides is 1. The fourth-order valence-corrected chi connectivity index (χ4v) is 4.97. The SMILES string of the molecule is CC1(O)CCC(c2ccc(Cl)c(Cl)c2)([C@H]2CCN(C(=O)OC(C)(C)C)C2)CC1. The normalized spacial score (nSPS) is 31.1. The number of likely N-dealkylation sites (tertiary alicyclic amines) is 1. The Morgan fingerprint density at radius 1 is 1.18 bits per heavy atom. The van der Waals surface area contributed by atoms with Crippen LogP contribution in [0, 0.1) is 5.92 Å². The maximum Gasteiger partial charge on any atom is 0.410 e. The molecule has 1 saturated heterocycles. The topological polar surface area (TPSA) is 49.8 Å². The van der Waals surface area contributed by atoms with Crippen LogP contribution in [-0.2, 0) is 10.2 Å². The Balaban J connectivity index is 1.86. The lowest BCUT2D eigenvalue weighted by molar-refractivity contribution is -0.0125. The van der Waals surface area contributed by atoms with Crippen molar-refractivity contribution < 1.29 is 14.6 Å². The highest BCUT2D eigenvalue weighted by Gasteiger charge is 2.48. The molecule has 1 aromatic carbocycles. The standard InChI is InChI=1S/C22H31Cl2NO3/c1-20(2,3)28-19(26)25-12-7-16(14-25)22(10-8-21(4,27)9-11-22)15-5-6-17(23)18(24)13-15/h5-6,13,16,27H,7-12,14H2,1-4H3/t16-,21?,22?/m0/s1. The van der Waals surface area contributed by atoms with Crippen molar-refractivity contribution >= 4 is 29.3 Å². The lowest BCUT2D eigenvalue weighted by Gasteiger charge is -2.47. The summed E-state index contributed by atoms with van der Waals surface area (Å²) in [6.07, 6.45) is 3.87. The highest BCUT2D eigenvalue weighted by atomic mass is 35.5. The second kappa shape index (κ2) is 7.70. The molecule has 1 aromatic rings. The summed E-state index contributed by atoms with van der Waals surface area (Å²) in [6, 6.07) is 5.89. The third-order valence-corrected chi connectivity index (χ3v) is 7.07. The van der Waals surface area contributed by atoms with Gasteiger partial charge in [0.1, 0.15) is 5.60 Å². The van der Waals surface area contributed by atoms with Gasteiger partial charge in [0.15, 0.2) is 0 Å². The van der Waals surface area contributed by atoms with Crippen LogP contribution in [0.4, 0.5) is 4.79 Å². The van der Waals surface area contributed by atoms with Crippen LogP contribution in [-0.4, -0.2) is 40.4 Å². The van der Waals surface area contributed by atoms with Gasteiger partial charge in [0, 0.05) is 18.5 Å². The third-order valence-electron chi connectivity index (χ3n) is 6.34. The Hall–Kier alpha value is -0.970. The Labute approximate surface area is 178 Å². The minimum atomic E-state index is -0.636. The largest absolute Gasteiger partial charge is 0.444 e. The van der Waals surface area contributed by atoms with Crippen molar-refractivity contribution in [1.82, 2.24) is 4.90 Å². The van der Waals surface area contributed by atoms with Crippen LogP contribution >= 0.6 is 23.2 Å². The predicted molar refractivity (Wildman–Crippen MR) is 113 cm³/mol. The summed E-state index contributed by atoms with van der Waals surface area (Å²) in [4.78, 5) is 14.4. The van der Waals surface area contributed by atoms with Gasteiger partial charge in [-0.3, -0.25) is 0 Å². The van der Waals surface area contributed by atoms with Crippen molar-refractivity contribution in [3.63, 3.8) is 0 Å². The summed E-state index contributed by atoms with van der Waals surface area (Å²) in [6.45, 7) is 8.93. The molecule has 2 fully saturated rings. The van der Waals surface area contributed by atoms with E-state index in [9.17, 15) is 9.90 Å². The van der Waals surface area contributed by atoms with Gasteiger partial charge in [-0.25, -0.2) is 4.79 Å². The molecule has 1 aliphatic heterocycles. The average molecular weight is 428 g/mol. The quantitative estimate of drug-likeness (QED) is 0.647. The molecule has 3 rings (SSSR count). The zero-order valence-corrected chi connectivity index (χ0v) is 18.7. The minimum Gasteiger partial charge on any atom is -0.444 e. The third kappa shape index (κ3) is 4.60. The van der Waals surface area contributed by atoms with E-state index in [-0.39, 0.29) is 11.5 Å². The number of hydrogen-bond acceptors (Lipinski definition) is 3. The Morgan fingerprint density at radius 2 is 1.82 bits per heavy atom. The summed E-state index contributed by atoms with van der Waals surface area (Å²) < 4.78 is 5.57. The fraction of sp³-hybridized carbons (Fsp3) is 0.682. The van der Waals surface area contributed by atoms with E-state index in [0.29, 0.717) is 29.1 Å². The molecule has 0 unspecified atom stereocenters. The van der Waals surface area contributed by atoms with Crippen LogP contribution in [0.5, 0.6) is 0 Å². The molecule has 1 atom stereocenters. The van der Waals surface area contributed by atoms with Crippen LogP contribution in [0.25, 0.3) is 0 Å². The molecule has 1 aliphatic carbocycles. The van der Waals surface area contributed by atoms with Gasteiger partial charge in [-0.15, -0.1) is 0 Å². The van der Waals surface area contributed by atoms with Gasteiger partial charge in [0.25, 0.3) is 0 Å². The minimum absolute atomic E-state index is 0.118. The lowest BCUT2D eigenvalue weighted by atomic mass is 9.59. The van der Waals surface area contributed by atoms with E-state index in [2.05, 4.69) is 6.07 Å². The highest BCUT2D eigenvalue weighted by Crippen LogP contribution is 2.51. The summed E-state index contributed by atoms with van der Waals surface area (Å²) >= 11 is 12.5. The molecule has 0 bridgehead atoms. The molecule has 4 nitrogen and oxygen atoms in total. The molecule has 2 aliphatic rings. The van der Waals surface area contributed by atoms with Crippen molar-refractivity contribution in [3.8, 4) is 0 Å². The molecule has 0 spiro atoms. The Morgan fingerprint density at radius 3 is 2.39 bits per heavy atom. The molecule has 1 heterocycles. The van der Waals surface area contributed by atoms with Crippen LogP contribution in [0.3, 0.4) is 0 Å². The molecule has 1 saturated carbocycles. The smallest absolute Gasteiger partial charge is 0.410 e. The van der Waals surface area contributed by atoms with Crippen LogP contribution in [0.2, 0.25) is 10.0 Å². The molecule has 0 aromatic heterocycles. The van der Waals surface area contributed by atoms with Gasteiger partial charge in [-0.1, -0.05) is 29.3 Å². The van der Waals surface area contributed by atoms with Gasteiger partial charge in [-0.05, 0) is 83.4 Å². The number of aliphatic hydroxyl groups is 1. The van der Waals surface area contributed by atoms with Crippen LogP contribution in [0.1, 0.15) is 65.4 Å². The lowest BCUT2D eigenvalue weighted by Crippen LogP contribution is -2.45. The van der Waals surface area contributed by atoms with Gasteiger partial charge < -0.3 is 14.7 Å². The van der Waals surface area contributed by atoms with Crippen molar-refractivity contribution in [2.75, 3.05) is 13.1 Å². The number of nitrogens with zero attached hydrogens (tertiary/aromatic N) is 1. The first-order valence-corrected chi connectivity index (χ1v) is 10.8. The maximum atomic E-state index is 12.6. The molecular formula is C22H31Cl2NO3. The molecular weight excluding hydrogens is 397 g/mol. The fourth-order valence-electron chi connectivity index (χ4n) is 4.68. The van der Waals surface area contributed by atoms with Gasteiger partial charge >= 0.3 is 6.09 Å². The van der Waals surface area contributed by atoms with E-state index < -0.39 is 11.2 Å². The highest BCUT2D eigenvalue weighted by molar-refractivity contribution is 6.42. The van der Waals surface area contributed by atoms with E-state index in [1.165, 1.54) is 0 Å². The van der Waals surface area contributed by atoms with E-state index in [1.54, 1.807) is 0 Å². The number of carbonyl (C=O) groups excluding carboxylic acids is 1. The summed E-state index contributed by atoms with van der Waals surface area (Å²) in [5.41, 5.74) is -0.0929. The molecule has 0 radical (unpaired) electrons. The first-order valence-electron chi connectivity index (χ1n) is 10.1. The van der Waals surface area contributed by atoms with E-state index in [4.69, 9.17) is 27.9 Å². The number of halogens is 2. The van der Waals surface area contributed by atoms with Crippen molar-refractivity contribution in [3.05, 3.63) is 33.8 Å². The monoisotopic (exact) mass is 427 g/mol. The number of carbonyl (C=O) groups is 1. The summed E-state index contributed by atoms with van der Waals surface area (Å²) in [7, 11) is 0. The van der Waals surface area contributed by atoms with Gasteiger partial charge in [0.2, 0.25) is 0 Å². The zero-order chi connectivity index (χ0) is 20.7. The first-order chi connectivity index (χ1) is 12.9. The molecule has 6 heteroatoms. The average Bonchev–Trinajstić information content (AvgIpc) is 3.07. The molecule has 28 heavy (non-hydrogen) atoms. The van der Waals surface area contributed by atoms with Crippen LogP contribution < -0.4 is 0 Å². The molecule has 1 N–H and O–H groups in total. The second-order valence-corrected chi connectivity index (χ2v) is 10.5. The van der Waals surface area contributed by atoms with Crippen LogP contribution in [0.15, 0.2) is 18.2 Å². The number of rotatable bonds is 2. The van der Waals surface area contributed by atoms with Gasteiger partial charge in [0.05, 0.1) is 15.6 Å². The maximum absolute atomic E-state index is 12.6.